The number of carbonyl (C=O) groups is 1. The molecule has 0 saturated carbocycles. The summed E-state index contributed by atoms with van der Waals surface area (Å²) >= 11 is 0. The van der Waals surface area contributed by atoms with Gasteiger partial charge in [0, 0.05) is 44.2 Å². The predicted octanol–water partition coefficient (Wildman–Crippen LogP) is 3.08. The number of pyridine rings is 1. The molecule has 28 heavy (non-hydrogen) atoms. The van der Waals surface area contributed by atoms with Gasteiger partial charge in [-0.2, -0.15) is 0 Å². The van der Waals surface area contributed by atoms with Gasteiger partial charge < -0.3 is 15.5 Å². The SMILES string of the molecule is CCNC(=NCc1nccc2ccccc12)NCCCN1CCCCCC1=O. The van der Waals surface area contributed by atoms with Crippen LogP contribution in [0.4, 0.5) is 0 Å². The summed E-state index contributed by atoms with van der Waals surface area (Å²) in [5.41, 5.74) is 0.977. The minimum atomic E-state index is 0.306. The van der Waals surface area contributed by atoms with Gasteiger partial charge >= 0.3 is 0 Å². The van der Waals surface area contributed by atoms with Gasteiger partial charge in [0.25, 0.3) is 0 Å². The molecule has 0 unspecified atom stereocenters. The number of carbonyl (C=O) groups excluding carboxylic acids is 1. The fraction of sp³-hybridized carbons (Fsp3) is 0.500. The third-order valence-corrected chi connectivity index (χ3v) is 5.06. The van der Waals surface area contributed by atoms with Crippen molar-refractivity contribution >= 4 is 22.6 Å². The molecule has 2 heterocycles. The summed E-state index contributed by atoms with van der Waals surface area (Å²) in [6, 6.07) is 10.3. The summed E-state index contributed by atoms with van der Waals surface area (Å²) in [4.78, 5) is 23.3. The van der Waals surface area contributed by atoms with E-state index in [1.54, 1.807) is 0 Å². The Morgan fingerprint density at radius 3 is 2.96 bits per heavy atom. The molecule has 0 radical (unpaired) electrons. The first kappa shape index (κ1) is 20.1. The molecule has 1 aliphatic heterocycles. The van der Waals surface area contributed by atoms with Crippen molar-refractivity contribution in [1.82, 2.24) is 20.5 Å². The molecule has 1 aliphatic rings. The van der Waals surface area contributed by atoms with Crippen LogP contribution < -0.4 is 10.6 Å². The van der Waals surface area contributed by atoms with Gasteiger partial charge in [0.2, 0.25) is 5.91 Å². The molecule has 150 valence electrons. The van der Waals surface area contributed by atoms with Gasteiger partial charge in [-0.05, 0) is 37.6 Å². The number of benzene rings is 1. The fourth-order valence-electron chi connectivity index (χ4n) is 3.56. The van der Waals surface area contributed by atoms with Crippen molar-refractivity contribution in [2.24, 2.45) is 4.99 Å². The summed E-state index contributed by atoms with van der Waals surface area (Å²) in [5.74, 6) is 1.10. The van der Waals surface area contributed by atoms with Crippen molar-refractivity contribution in [2.75, 3.05) is 26.2 Å². The second-order valence-corrected chi connectivity index (χ2v) is 7.15. The molecule has 0 atom stereocenters. The molecule has 6 nitrogen and oxygen atoms in total. The lowest BCUT2D eigenvalue weighted by atomic mass is 10.1. The van der Waals surface area contributed by atoms with Gasteiger partial charge in [-0.15, -0.1) is 0 Å². The second kappa shape index (κ2) is 10.6. The van der Waals surface area contributed by atoms with Crippen LogP contribution in [0.1, 0.15) is 44.7 Å². The highest BCUT2D eigenvalue weighted by atomic mass is 16.2. The van der Waals surface area contributed by atoms with E-state index in [1.165, 1.54) is 11.8 Å². The average molecular weight is 382 g/mol. The Morgan fingerprint density at radius 1 is 1.18 bits per heavy atom. The first-order valence-corrected chi connectivity index (χ1v) is 10.4. The molecule has 6 heteroatoms. The number of nitrogens with one attached hydrogen (secondary N) is 2. The Kier molecular flexibility index (Phi) is 7.64. The molecule has 0 bridgehead atoms. The first-order chi connectivity index (χ1) is 13.8. The zero-order valence-corrected chi connectivity index (χ0v) is 16.8. The van der Waals surface area contributed by atoms with Crippen molar-refractivity contribution in [3.63, 3.8) is 0 Å². The number of nitrogens with zero attached hydrogens (tertiary/aromatic N) is 3. The summed E-state index contributed by atoms with van der Waals surface area (Å²) in [6.07, 6.45) is 6.79. The number of rotatable bonds is 7. The highest BCUT2D eigenvalue weighted by molar-refractivity contribution is 5.85. The molecule has 1 aromatic heterocycles. The number of aliphatic imine (C=N–C) groups is 1. The molecular weight excluding hydrogens is 350 g/mol. The van der Waals surface area contributed by atoms with Crippen LogP contribution in [0.15, 0.2) is 41.5 Å². The lowest BCUT2D eigenvalue weighted by molar-refractivity contribution is -0.130. The maximum absolute atomic E-state index is 12.1. The van der Waals surface area contributed by atoms with Crippen LogP contribution in [0, 0.1) is 0 Å². The molecule has 0 spiro atoms. The maximum Gasteiger partial charge on any atom is 0.222 e. The van der Waals surface area contributed by atoms with Crippen LogP contribution in [0.2, 0.25) is 0 Å². The average Bonchev–Trinajstić information content (AvgIpc) is 2.93. The number of likely N-dealkylation sites (tertiary alicyclic amines) is 1. The standard InChI is InChI=1S/C22H31N5O/c1-2-23-22(25-13-8-16-27-15-7-3-4-11-21(27)28)26-17-20-19-10-6-5-9-18(19)12-14-24-20/h5-6,9-10,12,14H,2-4,7-8,11,13,15-17H2,1H3,(H2,23,25,26). The lowest BCUT2D eigenvalue weighted by Crippen LogP contribution is -2.39. The fourth-order valence-corrected chi connectivity index (χ4v) is 3.56. The molecule has 0 aliphatic carbocycles. The molecule has 1 saturated heterocycles. The normalized spacial score (nSPS) is 15.5. The topological polar surface area (TPSA) is 69.6 Å². The van der Waals surface area contributed by atoms with E-state index in [0.29, 0.717) is 18.9 Å². The van der Waals surface area contributed by atoms with Crippen LogP contribution >= 0.6 is 0 Å². The van der Waals surface area contributed by atoms with E-state index in [0.717, 1.165) is 62.5 Å². The highest BCUT2D eigenvalue weighted by Crippen LogP contribution is 2.16. The zero-order valence-electron chi connectivity index (χ0n) is 16.8. The second-order valence-electron chi connectivity index (χ2n) is 7.15. The molecule has 3 rings (SSSR count). The quantitative estimate of drug-likeness (QED) is 0.439. The van der Waals surface area contributed by atoms with Crippen LogP contribution in [-0.4, -0.2) is 47.9 Å². The monoisotopic (exact) mass is 381 g/mol. The zero-order chi connectivity index (χ0) is 19.6. The van der Waals surface area contributed by atoms with Crippen molar-refractivity contribution in [1.29, 1.82) is 0 Å². The number of hydrogen-bond donors (Lipinski definition) is 2. The Labute approximate surface area is 167 Å². The molecular formula is C22H31N5O. The van der Waals surface area contributed by atoms with Gasteiger partial charge in [-0.3, -0.25) is 9.78 Å². The molecule has 1 fully saturated rings. The molecule has 1 amide bonds. The Morgan fingerprint density at radius 2 is 2.07 bits per heavy atom. The summed E-state index contributed by atoms with van der Waals surface area (Å²) in [7, 11) is 0. The molecule has 2 aromatic rings. The minimum absolute atomic E-state index is 0.306. The Balaban J connectivity index is 1.53. The molecule has 1 aromatic carbocycles. The maximum atomic E-state index is 12.1. The lowest BCUT2D eigenvalue weighted by Gasteiger charge is -2.20. The van der Waals surface area contributed by atoms with Gasteiger partial charge in [-0.25, -0.2) is 4.99 Å². The Hall–Kier alpha value is -2.63. The smallest absolute Gasteiger partial charge is 0.222 e. The van der Waals surface area contributed by atoms with Gasteiger partial charge in [0.15, 0.2) is 5.96 Å². The largest absolute Gasteiger partial charge is 0.357 e. The van der Waals surface area contributed by atoms with Crippen molar-refractivity contribution < 1.29 is 4.79 Å². The van der Waals surface area contributed by atoms with Crippen LogP contribution in [0.3, 0.4) is 0 Å². The number of fused-ring (bicyclic) bond motifs is 1. The van der Waals surface area contributed by atoms with Gasteiger partial charge in [-0.1, -0.05) is 30.7 Å². The third-order valence-electron chi connectivity index (χ3n) is 5.06. The summed E-state index contributed by atoms with van der Waals surface area (Å²) in [6.45, 7) is 5.90. The first-order valence-electron chi connectivity index (χ1n) is 10.4. The van der Waals surface area contributed by atoms with Crippen molar-refractivity contribution in [3.05, 3.63) is 42.2 Å². The van der Waals surface area contributed by atoms with E-state index >= 15 is 0 Å². The summed E-state index contributed by atoms with van der Waals surface area (Å²) in [5, 5.41) is 9.00. The van der Waals surface area contributed by atoms with Gasteiger partial charge in [0.05, 0.1) is 12.2 Å². The van der Waals surface area contributed by atoms with Crippen LogP contribution in [0.5, 0.6) is 0 Å². The van der Waals surface area contributed by atoms with E-state index < -0.39 is 0 Å². The summed E-state index contributed by atoms with van der Waals surface area (Å²) < 4.78 is 0. The van der Waals surface area contributed by atoms with Crippen molar-refractivity contribution in [3.8, 4) is 0 Å². The van der Waals surface area contributed by atoms with E-state index in [-0.39, 0.29) is 0 Å². The number of guanidine groups is 1. The molecule has 2 N–H and O–H groups in total. The number of hydrogen-bond acceptors (Lipinski definition) is 3. The third kappa shape index (κ3) is 5.68. The van der Waals surface area contributed by atoms with Crippen LogP contribution in [0.25, 0.3) is 10.8 Å². The number of amides is 1. The van der Waals surface area contributed by atoms with E-state index in [4.69, 9.17) is 4.99 Å². The van der Waals surface area contributed by atoms with E-state index in [2.05, 4.69) is 34.7 Å². The van der Waals surface area contributed by atoms with Crippen molar-refractivity contribution in [2.45, 2.75) is 45.6 Å². The van der Waals surface area contributed by atoms with E-state index in [1.807, 2.05) is 29.3 Å². The van der Waals surface area contributed by atoms with Crippen LogP contribution in [-0.2, 0) is 11.3 Å². The predicted molar refractivity (Wildman–Crippen MR) is 114 cm³/mol. The minimum Gasteiger partial charge on any atom is -0.357 e. The van der Waals surface area contributed by atoms with E-state index in [9.17, 15) is 4.79 Å². The van der Waals surface area contributed by atoms with Gasteiger partial charge in [0.1, 0.15) is 0 Å². The Bertz CT molecular complexity index is 799. The number of aromatic nitrogens is 1. The highest BCUT2D eigenvalue weighted by Gasteiger charge is 2.15.